The van der Waals surface area contributed by atoms with Crippen molar-refractivity contribution in [2.24, 2.45) is 0 Å². The molecule has 13 heavy (non-hydrogen) atoms. The van der Waals surface area contributed by atoms with E-state index in [0.29, 0.717) is 0 Å². The van der Waals surface area contributed by atoms with Gasteiger partial charge in [-0.1, -0.05) is 13.3 Å². The van der Waals surface area contributed by atoms with Crippen molar-refractivity contribution < 1.29 is 24.6 Å². The molecule has 70 valence electrons. The molecular formula is C12H16Ti-2. The van der Waals surface area contributed by atoms with Crippen molar-refractivity contribution >= 4 is 0 Å². The van der Waals surface area contributed by atoms with Gasteiger partial charge < -0.3 is 2.85 Å². The minimum absolute atomic E-state index is 0. The zero-order valence-corrected chi connectivity index (χ0v) is 9.57. The Hall–Kier alpha value is -0.326. The summed E-state index contributed by atoms with van der Waals surface area (Å²) in [5.41, 5.74) is 1.36. The van der Waals surface area contributed by atoms with E-state index in [4.69, 9.17) is 0 Å². The van der Waals surface area contributed by atoms with Gasteiger partial charge in [-0.2, -0.15) is 12.2 Å². The van der Waals surface area contributed by atoms with Gasteiger partial charge in [-0.15, -0.1) is 12.8 Å². The maximum absolute atomic E-state index is 3.21. The number of hydrogen-bond donors (Lipinski definition) is 0. The van der Waals surface area contributed by atoms with Gasteiger partial charge >= 0.3 is 21.7 Å². The van der Waals surface area contributed by atoms with Crippen LogP contribution in [0.4, 0.5) is 0 Å². The molecule has 0 nitrogen and oxygen atoms in total. The van der Waals surface area contributed by atoms with Gasteiger partial charge in [-0.05, 0) is 0 Å². The van der Waals surface area contributed by atoms with Crippen LogP contribution in [-0.2, 0) is 21.7 Å². The summed E-state index contributed by atoms with van der Waals surface area (Å²) in [6.45, 7) is 2.15. The molecule has 0 N–H and O–H groups in total. The SMILES string of the molecule is CCC1=[C-]CC=C1.[C-]1=CC=CC1.[H-].[H-].[Ti+2]. The van der Waals surface area contributed by atoms with E-state index < -0.39 is 0 Å². The monoisotopic (exact) mass is 208 g/mol. The Labute approximate surface area is 99.0 Å². The van der Waals surface area contributed by atoms with Gasteiger partial charge in [0.2, 0.25) is 0 Å². The Kier molecular flexibility index (Phi) is 8.07. The molecule has 0 saturated heterocycles. The molecule has 1 heteroatoms. The smallest absolute Gasteiger partial charge is 1.00 e. The van der Waals surface area contributed by atoms with Gasteiger partial charge in [0, 0.05) is 0 Å². The van der Waals surface area contributed by atoms with Crippen LogP contribution in [0.2, 0.25) is 0 Å². The Morgan fingerprint density at radius 1 is 1.38 bits per heavy atom. The van der Waals surface area contributed by atoms with Gasteiger partial charge in [0.1, 0.15) is 0 Å². The molecule has 0 fully saturated rings. The van der Waals surface area contributed by atoms with E-state index in [1.807, 2.05) is 12.2 Å². The van der Waals surface area contributed by atoms with Gasteiger partial charge in [0.25, 0.3) is 0 Å². The second kappa shape index (κ2) is 8.28. The van der Waals surface area contributed by atoms with Crippen molar-refractivity contribution in [3.8, 4) is 0 Å². The molecule has 0 radical (unpaired) electrons. The van der Waals surface area contributed by atoms with Crippen molar-refractivity contribution in [2.75, 3.05) is 0 Å². The molecule has 0 aromatic carbocycles. The number of rotatable bonds is 1. The first-order valence-electron chi connectivity index (χ1n) is 4.41. The molecule has 2 aliphatic carbocycles. The molecule has 0 saturated carbocycles. The van der Waals surface area contributed by atoms with Crippen LogP contribution in [-0.4, -0.2) is 0 Å². The van der Waals surface area contributed by atoms with Crippen molar-refractivity contribution in [2.45, 2.75) is 26.2 Å². The zero-order valence-electron chi connectivity index (χ0n) is 10.0. The maximum atomic E-state index is 3.21. The van der Waals surface area contributed by atoms with Gasteiger partial charge in [0.15, 0.2) is 0 Å². The van der Waals surface area contributed by atoms with Crippen LogP contribution in [0.15, 0.2) is 36.0 Å². The van der Waals surface area contributed by atoms with E-state index in [0.717, 1.165) is 19.3 Å². The molecule has 0 aromatic heterocycles. The maximum Gasteiger partial charge on any atom is 2.00 e. The molecular weight excluding hydrogens is 192 g/mol. The van der Waals surface area contributed by atoms with Gasteiger partial charge in [0.05, 0.1) is 0 Å². The Morgan fingerprint density at radius 3 is 2.46 bits per heavy atom. The molecule has 0 spiro atoms. The second-order valence-electron chi connectivity index (χ2n) is 2.67. The van der Waals surface area contributed by atoms with Crippen LogP contribution >= 0.6 is 0 Å². The third-order valence-electron chi connectivity index (χ3n) is 1.73. The predicted octanol–water partition coefficient (Wildman–Crippen LogP) is 3.61. The normalized spacial score (nSPS) is 16.2. The Bertz CT molecular complexity index is 230. The van der Waals surface area contributed by atoms with Crippen LogP contribution in [0.3, 0.4) is 0 Å². The fourth-order valence-electron chi connectivity index (χ4n) is 1.03. The molecule has 0 atom stereocenters. The summed E-state index contributed by atoms with van der Waals surface area (Å²) in [5, 5.41) is 0. The third kappa shape index (κ3) is 5.84. The van der Waals surface area contributed by atoms with Gasteiger partial charge in [-0.25, -0.2) is 23.8 Å². The quantitative estimate of drug-likeness (QED) is 0.456. The van der Waals surface area contributed by atoms with Crippen molar-refractivity contribution in [1.29, 1.82) is 0 Å². The zero-order chi connectivity index (χ0) is 8.65. The van der Waals surface area contributed by atoms with E-state index in [9.17, 15) is 0 Å². The van der Waals surface area contributed by atoms with E-state index >= 15 is 0 Å². The Balaban J connectivity index is -0.000000165. The van der Waals surface area contributed by atoms with E-state index in [1.165, 1.54) is 5.57 Å². The molecule has 0 bridgehead atoms. The summed E-state index contributed by atoms with van der Waals surface area (Å²) < 4.78 is 0. The minimum atomic E-state index is 0. The first-order valence-corrected chi connectivity index (χ1v) is 4.41. The largest absolute Gasteiger partial charge is 2.00 e. The Morgan fingerprint density at radius 2 is 2.23 bits per heavy atom. The second-order valence-corrected chi connectivity index (χ2v) is 2.67. The van der Waals surface area contributed by atoms with Gasteiger partial charge in [-0.3, -0.25) is 12.2 Å². The molecule has 0 heterocycles. The minimum Gasteiger partial charge on any atom is -1.00 e. The third-order valence-corrected chi connectivity index (χ3v) is 1.73. The summed E-state index contributed by atoms with van der Waals surface area (Å²) in [6.07, 6.45) is 19.7. The first kappa shape index (κ1) is 12.7. The number of hydrogen-bond acceptors (Lipinski definition) is 0. The van der Waals surface area contributed by atoms with Crippen LogP contribution in [0.1, 0.15) is 29.0 Å². The summed E-state index contributed by atoms with van der Waals surface area (Å²) in [4.78, 5) is 0. The standard InChI is InChI=1S/C7H9.C5H5.Ti.2H/c1-2-7-5-3-4-6-7;1-2-4-5-3-1;;;/h3,5H,2,4H2,1H3;1-3H,4H2;;;/q2*-1;+2;2*-1. The van der Waals surface area contributed by atoms with E-state index in [2.05, 4.69) is 37.3 Å². The summed E-state index contributed by atoms with van der Waals surface area (Å²) in [5.74, 6) is 0. The molecule has 2 aliphatic rings. The fraction of sp³-hybridized carbons (Fsp3) is 0.333. The molecule has 0 amide bonds. The van der Waals surface area contributed by atoms with E-state index in [-0.39, 0.29) is 24.6 Å². The summed E-state index contributed by atoms with van der Waals surface area (Å²) in [6, 6.07) is 0. The van der Waals surface area contributed by atoms with Crippen LogP contribution < -0.4 is 0 Å². The van der Waals surface area contributed by atoms with Crippen molar-refractivity contribution in [3.05, 3.63) is 48.1 Å². The molecule has 0 unspecified atom stereocenters. The average Bonchev–Trinajstić information content (AvgIpc) is 2.81. The topological polar surface area (TPSA) is 0 Å². The summed E-state index contributed by atoms with van der Waals surface area (Å²) >= 11 is 0. The molecule has 0 aliphatic heterocycles. The summed E-state index contributed by atoms with van der Waals surface area (Å²) in [7, 11) is 0. The van der Waals surface area contributed by atoms with Crippen LogP contribution in [0.5, 0.6) is 0 Å². The average molecular weight is 208 g/mol. The van der Waals surface area contributed by atoms with Crippen LogP contribution in [0.25, 0.3) is 0 Å². The van der Waals surface area contributed by atoms with Crippen LogP contribution in [0, 0.1) is 12.2 Å². The predicted molar refractivity (Wildman–Crippen MR) is 54.6 cm³/mol. The first-order chi connectivity index (χ1) is 5.93. The fourth-order valence-corrected chi connectivity index (χ4v) is 1.03. The number of allylic oxidation sites excluding steroid dienone is 8. The van der Waals surface area contributed by atoms with Crippen molar-refractivity contribution in [3.63, 3.8) is 0 Å². The van der Waals surface area contributed by atoms with Crippen molar-refractivity contribution in [1.82, 2.24) is 0 Å². The molecule has 0 aromatic rings. The van der Waals surface area contributed by atoms with E-state index in [1.54, 1.807) is 0 Å². The molecule has 2 rings (SSSR count).